The molecule has 0 fully saturated rings. The van der Waals surface area contributed by atoms with Crippen molar-refractivity contribution in [2.75, 3.05) is 17.7 Å². The molecule has 1 aliphatic rings. The number of nitrogen functional groups attached to an aromatic ring is 1. The molecular weight excluding hydrogens is 412 g/mol. The lowest BCUT2D eigenvalue weighted by atomic mass is 9.86. The van der Waals surface area contributed by atoms with Gasteiger partial charge >= 0.3 is 5.97 Å². The zero-order valence-corrected chi connectivity index (χ0v) is 19.8. The molecule has 6 heteroatoms. The monoisotopic (exact) mass is 444 g/mol. The van der Waals surface area contributed by atoms with Crippen LogP contribution in [0.1, 0.15) is 61.7 Å². The van der Waals surface area contributed by atoms with Crippen molar-refractivity contribution in [3.63, 3.8) is 0 Å². The number of carbonyl (C=O) groups is 1. The maximum atomic E-state index is 12.1. The van der Waals surface area contributed by atoms with Crippen molar-refractivity contribution >= 4 is 34.0 Å². The Bertz CT molecular complexity index is 1200. The summed E-state index contributed by atoms with van der Waals surface area (Å²) in [5, 5.41) is 4.56. The van der Waals surface area contributed by atoms with Gasteiger partial charge in [0, 0.05) is 11.1 Å². The van der Waals surface area contributed by atoms with Crippen molar-refractivity contribution in [3.8, 4) is 0 Å². The first-order valence-electron chi connectivity index (χ1n) is 11.6. The van der Waals surface area contributed by atoms with Crippen molar-refractivity contribution in [2.24, 2.45) is 5.92 Å². The average Bonchev–Trinajstić information content (AvgIpc) is 2.78. The van der Waals surface area contributed by atoms with Gasteiger partial charge in [-0.3, -0.25) is 4.79 Å². The molecule has 3 N–H and O–H groups in total. The minimum absolute atomic E-state index is 0.0348. The Morgan fingerprint density at radius 1 is 1.21 bits per heavy atom. The number of anilines is 2. The molecule has 2 atom stereocenters. The smallest absolute Gasteiger partial charge is 0.309 e. The van der Waals surface area contributed by atoms with Crippen LogP contribution in [0.15, 0.2) is 42.5 Å². The van der Waals surface area contributed by atoms with Crippen LogP contribution in [0.25, 0.3) is 16.5 Å². The number of aryl methyl sites for hydroxylation is 2. The summed E-state index contributed by atoms with van der Waals surface area (Å²) in [4.78, 5) is 21.4. The number of rotatable bonds is 6. The second kappa shape index (κ2) is 9.61. The first-order valence-corrected chi connectivity index (χ1v) is 11.6. The summed E-state index contributed by atoms with van der Waals surface area (Å²) >= 11 is 0. The maximum Gasteiger partial charge on any atom is 0.309 e. The third kappa shape index (κ3) is 5.16. The third-order valence-corrected chi connectivity index (χ3v) is 6.18. The van der Waals surface area contributed by atoms with E-state index in [2.05, 4.69) is 47.6 Å². The van der Waals surface area contributed by atoms with Crippen LogP contribution in [0, 0.1) is 19.8 Å². The Hall–Kier alpha value is -3.41. The average molecular weight is 445 g/mol. The van der Waals surface area contributed by atoms with Gasteiger partial charge in [0.15, 0.2) is 0 Å². The highest BCUT2D eigenvalue weighted by Gasteiger charge is 2.23. The van der Waals surface area contributed by atoms with Gasteiger partial charge in [-0.2, -0.15) is 0 Å². The molecule has 0 amide bonds. The fraction of sp³-hybridized carbons (Fsp3) is 0.370. The number of ether oxygens (including phenoxy) is 1. The third-order valence-electron chi connectivity index (χ3n) is 6.18. The molecule has 3 aromatic rings. The number of allylic oxidation sites excluding steroid dienone is 2. The molecule has 0 bridgehead atoms. The fourth-order valence-electron chi connectivity index (χ4n) is 4.51. The van der Waals surface area contributed by atoms with Gasteiger partial charge in [0.25, 0.3) is 0 Å². The summed E-state index contributed by atoms with van der Waals surface area (Å²) in [5.74, 6) is 1.41. The summed E-state index contributed by atoms with van der Waals surface area (Å²) in [5.41, 5.74) is 12.4. The van der Waals surface area contributed by atoms with E-state index in [0.29, 0.717) is 13.0 Å². The minimum Gasteiger partial charge on any atom is -0.466 e. The maximum absolute atomic E-state index is 12.1. The molecule has 0 radical (unpaired) electrons. The molecule has 1 heterocycles. The lowest BCUT2D eigenvalue weighted by molar-refractivity contribution is -0.148. The van der Waals surface area contributed by atoms with Gasteiger partial charge in [0.1, 0.15) is 11.6 Å². The quantitative estimate of drug-likeness (QED) is 0.372. The number of aromatic nitrogens is 2. The Morgan fingerprint density at radius 3 is 2.73 bits per heavy atom. The van der Waals surface area contributed by atoms with Crippen LogP contribution in [0.4, 0.5) is 11.5 Å². The van der Waals surface area contributed by atoms with Crippen molar-refractivity contribution < 1.29 is 9.53 Å². The number of benzene rings is 2. The van der Waals surface area contributed by atoms with Gasteiger partial charge in [-0.05, 0) is 93.5 Å². The highest BCUT2D eigenvalue weighted by Crippen LogP contribution is 2.34. The standard InChI is InChI=1S/C27H32N4O2/c1-5-33-27(32)20-8-6-19(7-9-20)21-10-11-25-24(15-21)26(31-18(4)30-25)29-17(3)22-12-16(2)13-23(28)14-22/h6,10-15,17,20H,5,7-9,28H2,1-4H3,(H,29,30,31)/t17-,20?/m1/s1. The van der Waals surface area contributed by atoms with E-state index in [1.165, 1.54) is 5.57 Å². The predicted molar refractivity (Wildman–Crippen MR) is 134 cm³/mol. The van der Waals surface area contributed by atoms with Crippen LogP contribution in [-0.4, -0.2) is 22.5 Å². The van der Waals surface area contributed by atoms with Crippen LogP contribution >= 0.6 is 0 Å². The van der Waals surface area contributed by atoms with Gasteiger partial charge < -0.3 is 15.8 Å². The Kier molecular flexibility index (Phi) is 6.63. The van der Waals surface area contributed by atoms with Gasteiger partial charge in [0.05, 0.1) is 24.1 Å². The molecule has 0 aliphatic heterocycles. The molecule has 1 aliphatic carbocycles. The second-order valence-electron chi connectivity index (χ2n) is 8.85. The number of nitrogens with zero attached hydrogens (tertiary/aromatic N) is 2. The molecule has 33 heavy (non-hydrogen) atoms. The lowest BCUT2D eigenvalue weighted by Crippen LogP contribution is -2.19. The van der Waals surface area contributed by atoms with Crippen molar-refractivity contribution in [2.45, 2.75) is 53.0 Å². The minimum atomic E-state index is -0.0903. The largest absolute Gasteiger partial charge is 0.466 e. The van der Waals surface area contributed by atoms with Crippen molar-refractivity contribution in [1.82, 2.24) is 9.97 Å². The van der Waals surface area contributed by atoms with E-state index in [1.807, 2.05) is 32.9 Å². The van der Waals surface area contributed by atoms with Crippen LogP contribution in [0.2, 0.25) is 0 Å². The molecule has 172 valence electrons. The fourth-order valence-corrected chi connectivity index (χ4v) is 4.51. The number of esters is 1. The Morgan fingerprint density at radius 2 is 2.03 bits per heavy atom. The molecule has 0 spiro atoms. The van der Waals surface area contributed by atoms with E-state index >= 15 is 0 Å². The first-order chi connectivity index (χ1) is 15.8. The molecule has 1 unspecified atom stereocenters. The molecule has 2 aromatic carbocycles. The van der Waals surface area contributed by atoms with Crippen molar-refractivity contribution in [1.29, 1.82) is 0 Å². The number of fused-ring (bicyclic) bond motifs is 1. The predicted octanol–water partition coefficient (Wildman–Crippen LogP) is 5.75. The summed E-state index contributed by atoms with van der Waals surface area (Å²) in [7, 11) is 0. The summed E-state index contributed by atoms with van der Waals surface area (Å²) in [6, 6.07) is 12.5. The van der Waals surface area contributed by atoms with E-state index < -0.39 is 0 Å². The number of carbonyl (C=O) groups excluding carboxylic acids is 1. The first kappa shape index (κ1) is 22.8. The summed E-state index contributed by atoms with van der Waals surface area (Å²) in [6.45, 7) is 8.35. The number of hydrogen-bond acceptors (Lipinski definition) is 6. The van der Waals surface area contributed by atoms with E-state index in [1.54, 1.807) is 0 Å². The SMILES string of the molecule is CCOC(=O)C1CC=C(c2ccc3nc(C)nc(N[C@H](C)c4cc(C)cc(N)c4)c3c2)CC1. The van der Waals surface area contributed by atoms with E-state index in [-0.39, 0.29) is 17.9 Å². The van der Waals surface area contributed by atoms with Gasteiger partial charge in [-0.1, -0.05) is 18.2 Å². The van der Waals surface area contributed by atoms with Gasteiger partial charge in [0.2, 0.25) is 0 Å². The highest BCUT2D eigenvalue weighted by atomic mass is 16.5. The summed E-state index contributed by atoms with van der Waals surface area (Å²) in [6.07, 6.45) is 4.55. The normalized spacial score (nSPS) is 16.8. The number of nitrogens with two attached hydrogens (primary N) is 1. The zero-order valence-electron chi connectivity index (χ0n) is 19.8. The summed E-state index contributed by atoms with van der Waals surface area (Å²) < 4.78 is 5.19. The van der Waals surface area contributed by atoms with Gasteiger partial charge in [-0.25, -0.2) is 9.97 Å². The Labute approximate surface area is 195 Å². The molecule has 1 aromatic heterocycles. The van der Waals surface area contributed by atoms with Gasteiger partial charge in [-0.15, -0.1) is 0 Å². The number of nitrogens with one attached hydrogen (secondary N) is 1. The Balaban J connectivity index is 1.63. The molecule has 0 saturated carbocycles. The van der Waals surface area contributed by atoms with Crippen molar-refractivity contribution in [3.05, 3.63) is 65.0 Å². The molecule has 4 rings (SSSR count). The number of hydrogen-bond donors (Lipinski definition) is 2. The zero-order chi connectivity index (χ0) is 23.5. The topological polar surface area (TPSA) is 90.1 Å². The van der Waals surface area contributed by atoms with Crippen LogP contribution < -0.4 is 11.1 Å². The van der Waals surface area contributed by atoms with E-state index in [9.17, 15) is 4.79 Å². The van der Waals surface area contributed by atoms with Crippen LogP contribution in [0.3, 0.4) is 0 Å². The van der Waals surface area contributed by atoms with E-state index in [0.717, 1.165) is 57.8 Å². The molecular formula is C27H32N4O2. The van der Waals surface area contributed by atoms with Crippen LogP contribution in [0.5, 0.6) is 0 Å². The molecule has 6 nitrogen and oxygen atoms in total. The van der Waals surface area contributed by atoms with Crippen LogP contribution in [-0.2, 0) is 9.53 Å². The molecule has 0 saturated heterocycles. The lowest BCUT2D eigenvalue weighted by Gasteiger charge is -2.21. The van der Waals surface area contributed by atoms with E-state index in [4.69, 9.17) is 15.5 Å². The second-order valence-corrected chi connectivity index (χ2v) is 8.85. The highest BCUT2D eigenvalue weighted by molar-refractivity contribution is 5.92.